The van der Waals surface area contributed by atoms with Gasteiger partial charge in [-0.25, -0.2) is 4.98 Å². The molecule has 1 amide bonds. The summed E-state index contributed by atoms with van der Waals surface area (Å²) in [6, 6.07) is 25.2. The summed E-state index contributed by atoms with van der Waals surface area (Å²) in [5, 5.41) is 12.5. The number of anilines is 1. The molecule has 0 bridgehead atoms. The van der Waals surface area contributed by atoms with Gasteiger partial charge in [0.25, 0.3) is 5.91 Å². The smallest absolute Gasteiger partial charge is 0.257 e. The van der Waals surface area contributed by atoms with Crippen LogP contribution >= 0.6 is 11.3 Å². The normalized spacial score (nSPS) is 10.3. The second-order valence-corrected chi connectivity index (χ2v) is 7.34. The number of benzene rings is 2. The van der Waals surface area contributed by atoms with Crippen molar-refractivity contribution < 1.29 is 4.79 Å². The fourth-order valence-corrected chi connectivity index (χ4v) is 3.67. The van der Waals surface area contributed by atoms with Crippen LogP contribution in [0.2, 0.25) is 0 Å². The zero-order valence-electron chi connectivity index (χ0n) is 15.4. The highest BCUT2D eigenvalue weighted by Crippen LogP contribution is 2.29. The van der Waals surface area contributed by atoms with Gasteiger partial charge >= 0.3 is 0 Å². The Morgan fingerprint density at radius 2 is 1.69 bits per heavy atom. The molecule has 0 atom stereocenters. The fourth-order valence-electron chi connectivity index (χ4n) is 2.90. The topological polar surface area (TPSA) is 78.7 Å². The number of nitrogens with zero attached hydrogens (tertiary/aromatic N) is 3. The van der Waals surface area contributed by atoms with Crippen LogP contribution in [-0.4, -0.2) is 15.9 Å². The van der Waals surface area contributed by atoms with Crippen LogP contribution < -0.4 is 5.32 Å². The molecule has 0 aliphatic carbocycles. The molecule has 0 saturated carbocycles. The van der Waals surface area contributed by atoms with E-state index >= 15 is 0 Å². The molecule has 0 fully saturated rings. The summed E-state index contributed by atoms with van der Waals surface area (Å²) in [6.45, 7) is 0. The highest BCUT2D eigenvalue weighted by Gasteiger charge is 2.16. The average Bonchev–Trinajstić information content (AvgIpc) is 3.18. The Balaban J connectivity index is 1.48. The molecule has 29 heavy (non-hydrogen) atoms. The van der Waals surface area contributed by atoms with Gasteiger partial charge in [0.05, 0.1) is 5.69 Å². The third-order valence-corrected chi connectivity index (χ3v) is 5.20. The molecule has 0 spiro atoms. The van der Waals surface area contributed by atoms with Crippen LogP contribution in [0.25, 0.3) is 11.4 Å². The van der Waals surface area contributed by atoms with Crippen molar-refractivity contribution in [2.75, 3.05) is 5.32 Å². The van der Waals surface area contributed by atoms with Crippen molar-refractivity contribution in [2.24, 2.45) is 0 Å². The van der Waals surface area contributed by atoms with Crippen molar-refractivity contribution in [1.29, 1.82) is 5.26 Å². The van der Waals surface area contributed by atoms with E-state index in [4.69, 9.17) is 0 Å². The predicted molar refractivity (Wildman–Crippen MR) is 114 cm³/mol. The summed E-state index contributed by atoms with van der Waals surface area (Å²) in [6.07, 6.45) is 2.46. The Morgan fingerprint density at radius 3 is 2.38 bits per heavy atom. The number of aromatic nitrogens is 2. The van der Waals surface area contributed by atoms with E-state index in [0.29, 0.717) is 27.0 Å². The molecule has 0 unspecified atom stereocenters. The summed E-state index contributed by atoms with van der Waals surface area (Å²) in [5.74, 6) is -0.262. The van der Waals surface area contributed by atoms with E-state index in [0.717, 1.165) is 23.3 Å². The average molecular weight is 396 g/mol. The number of hydrogen-bond acceptors (Lipinski definition) is 5. The number of nitriles is 1. The quantitative estimate of drug-likeness (QED) is 0.519. The van der Waals surface area contributed by atoms with Crippen LogP contribution in [0.5, 0.6) is 0 Å². The highest BCUT2D eigenvalue weighted by molar-refractivity contribution is 7.16. The molecule has 2 aromatic carbocycles. The zero-order chi connectivity index (χ0) is 20.1. The zero-order valence-corrected chi connectivity index (χ0v) is 16.2. The first-order valence-corrected chi connectivity index (χ1v) is 9.81. The summed E-state index contributed by atoms with van der Waals surface area (Å²) < 4.78 is 0. The van der Waals surface area contributed by atoms with Gasteiger partial charge in [-0.2, -0.15) is 5.26 Å². The standard InChI is InChI=1S/C23H16N4OS/c24-15-20-21(19-8-4-5-13-25-19)26-23(29-20)27-22(28)18-11-9-17(10-12-18)14-16-6-2-1-3-7-16/h1-13H,14H2,(H,26,27,28). The van der Waals surface area contributed by atoms with Gasteiger partial charge < -0.3 is 0 Å². The van der Waals surface area contributed by atoms with E-state index in [-0.39, 0.29) is 5.91 Å². The van der Waals surface area contributed by atoms with Gasteiger partial charge in [-0.3, -0.25) is 15.1 Å². The van der Waals surface area contributed by atoms with Crippen molar-refractivity contribution in [3.8, 4) is 17.5 Å². The number of carbonyl (C=O) groups excluding carboxylic acids is 1. The molecule has 0 radical (unpaired) electrons. The van der Waals surface area contributed by atoms with Gasteiger partial charge in [0.2, 0.25) is 0 Å². The maximum Gasteiger partial charge on any atom is 0.257 e. The molecule has 5 nitrogen and oxygen atoms in total. The van der Waals surface area contributed by atoms with E-state index in [1.807, 2.05) is 36.4 Å². The van der Waals surface area contributed by atoms with Crippen molar-refractivity contribution >= 4 is 22.4 Å². The van der Waals surface area contributed by atoms with Gasteiger partial charge in [0.1, 0.15) is 16.6 Å². The SMILES string of the molecule is N#Cc1sc(NC(=O)c2ccc(Cc3ccccc3)cc2)nc1-c1ccccn1. The first kappa shape index (κ1) is 18.5. The Kier molecular flexibility index (Phi) is 5.41. The lowest BCUT2D eigenvalue weighted by atomic mass is 10.0. The molecule has 0 saturated heterocycles. The van der Waals surface area contributed by atoms with Crippen LogP contribution in [0.15, 0.2) is 79.0 Å². The number of carbonyl (C=O) groups is 1. The third-order valence-electron chi connectivity index (χ3n) is 4.32. The summed E-state index contributed by atoms with van der Waals surface area (Å²) in [4.78, 5) is 21.6. The van der Waals surface area contributed by atoms with Gasteiger partial charge in [0, 0.05) is 11.8 Å². The van der Waals surface area contributed by atoms with Crippen molar-refractivity contribution in [2.45, 2.75) is 6.42 Å². The molecule has 1 N–H and O–H groups in total. The Morgan fingerprint density at radius 1 is 0.966 bits per heavy atom. The molecule has 0 aliphatic heterocycles. The van der Waals surface area contributed by atoms with Crippen LogP contribution in [-0.2, 0) is 6.42 Å². The second kappa shape index (κ2) is 8.46. The lowest BCUT2D eigenvalue weighted by Crippen LogP contribution is -2.11. The minimum absolute atomic E-state index is 0.262. The predicted octanol–water partition coefficient (Wildman–Crippen LogP) is 4.92. The molecule has 4 rings (SSSR count). The highest BCUT2D eigenvalue weighted by atomic mass is 32.1. The number of rotatable bonds is 5. The van der Waals surface area contributed by atoms with Gasteiger partial charge in [-0.1, -0.05) is 59.9 Å². The lowest BCUT2D eigenvalue weighted by molar-refractivity contribution is 0.102. The second-order valence-electron chi connectivity index (χ2n) is 6.34. The molecular formula is C23H16N4OS. The molecular weight excluding hydrogens is 380 g/mol. The van der Waals surface area contributed by atoms with Crippen molar-refractivity contribution in [1.82, 2.24) is 9.97 Å². The van der Waals surface area contributed by atoms with Gasteiger partial charge in [-0.05, 0) is 41.8 Å². The van der Waals surface area contributed by atoms with E-state index in [9.17, 15) is 10.1 Å². The minimum Gasteiger partial charge on any atom is -0.298 e. The van der Waals surface area contributed by atoms with Crippen molar-refractivity contribution in [3.05, 3.63) is 101 Å². The first-order valence-electron chi connectivity index (χ1n) is 8.99. The molecule has 140 valence electrons. The van der Waals surface area contributed by atoms with Gasteiger partial charge in [-0.15, -0.1) is 0 Å². The van der Waals surface area contributed by atoms with E-state index in [1.54, 1.807) is 30.5 Å². The number of amides is 1. The minimum atomic E-state index is -0.262. The molecule has 6 heteroatoms. The Hall–Kier alpha value is -3.82. The van der Waals surface area contributed by atoms with E-state index in [1.165, 1.54) is 5.56 Å². The van der Waals surface area contributed by atoms with Gasteiger partial charge in [0.15, 0.2) is 5.13 Å². The lowest BCUT2D eigenvalue weighted by Gasteiger charge is -2.05. The largest absolute Gasteiger partial charge is 0.298 e. The maximum atomic E-state index is 12.6. The number of hydrogen-bond donors (Lipinski definition) is 1. The third kappa shape index (κ3) is 4.37. The Bertz CT molecular complexity index is 1160. The number of nitrogens with one attached hydrogen (secondary N) is 1. The van der Waals surface area contributed by atoms with E-state index < -0.39 is 0 Å². The monoisotopic (exact) mass is 396 g/mol. The molecule has 2 heterocycles. The van der Waals surface area contributed by atoms with Crippen LogP contribution in [0.4, 0.5) is 5.13 Å². The van der Waals surface area contributed by atoms with Crippen LogP contribution in [0.1, 0.15) is 26.4 Å². The summed E-state index contributed by atoms with van der Waals surface area (Å²) in [5.41, 5.74) is 3.97. The summed E-state index contributed by atoms with van der Waals surface area (Å²) >= 11 is 1.14. The fraction of sp³-hybridized carbons (Fsp3) is 0.0435. The molecule has 2 aromatic heterocycles. The molecule has 4 aromatic rings. The van der Waals surface area contributed by atoms with E-state index in [2.05, 4.69) is 33.5 Å². The first-order chi connectivity index (χ1) is 14.2. The van der Waals surface area contributed by atoms with Crippen molar-refractivity contribution in [3.63, 3.8) is 0 Å². The van der Waals surface area contributed by atoms with Crippen LogP contribution in [0, 0.1) is 11.3 Å². The maximum absolute atomic E-state index is 12.6. The number of thiazole rings is 1. The Labute approximate surface area is 172 Å². The summed E-state index contributed by atoms with van der Waals surface area (Å²) in [7, 11) is 0. The number of pyridine rings is 1. The van der Waals surface area contributed by atoms with Crippen LogP contribution in [0.3, 0.4) is 0 Å². The molecule has 0 aliphatic rings.